The molecule has 2 aromatic rings. The third kappa shape index (κ3) is 3.59. The maximum Gasteiger partial charge on any atom is 0.416 e. The zero-order valence-corrected chi connectivity index (χ0v) is 13.2. The highest BCUT2D eigenvalue weighted by Crippen LogP contribution is 2.32. The summed E-state index contributed by atoms with van der Waals surface area (Å²) in [5.41, 5.74) is 5.82. The first-order valence-corrected chi connectivity index (χ1v) is 7.58. The lowest BCUT2D eigenvalue weighted by Crippen LogP contribution is -2.44. The van der Waals surface area contributed by atoms with E-state index in [9.17, 15) is 13.2 Å². The van der Waals surface area contributed by atoms with Crippen molar-refractivity contribution in [3.63, 3.8) is 0 Å². The van der Waals surface area contributed by atoms with Crippen LogP contribution in [0.25, 0.3) is 11.3 Å². The second-order valence-corrected chi connectivity index (χ2v) is 5.84. The van der Waals surface area contributed by atoms with Crippen molar-refractivity contribution >= 4 is 11.8 Å². The van der Waals surface area contributed by atoms with Gasteiger partial charge in [0.2, 0.25) is 5.95 Å². The van der Waals surface area contributed by atoms with Crippen molar-refractivity contribution in [2.24, 2.45) is 0 Å². The van der Waals surface area contributed by atoms with E-state index >= 15 is 0 Å². The van der Waals surface area contributed by atoms with Crippen LogP contribution in [0.3, 0.4) is 0 Å². The lowest BCUT2D eigenvalue weighted by Gasteiger charge is -2.33. The normalized spacial score (nSPS) is 16.4. The van der Waals surface area contributed by atoms with Crippen LogP contribution >= 0.6 is 0 Å². The SMILES string of the molecule is CN1CCN(c2cc(-c3cccc(C(F)(F)F)c3)nc(N)n2)CC1. The Morgan fingerprint density at radius 3 is 2.42 bits per heavy atom. The molecule has 0 unspecified atom stereocenters. The van der Waals surface area contributed by atoms with Gasteiger partial charge in [0.15, 0.2) is 0 Å². The van der Waals surface area contributed by atoms with Crippen LogP contribution in [-0.4, -0.2) is 48.1 Å². The molecular formula is C16H18F3N5. The highest BCUT2D eigenvalue weighted by atomic mass is 19.4. The molecule has 3 rings (SSSR count). The van der Waals surface area contributed by atoms with Crippen LogP contribution in [0.15, 0.2) is 30.3 Å². The Morgan fingerprint density at radius 1 is 1.04 bits per heavy atom. The van der Waals surface area contributed by atoms with Gasteiger partial charge in [0.05, 0.1) is 11.3 Å². The molecule has 1 aliphatic rings. The summed E-state index contributed by atoms with van der Waals surface area (Å²) in [5, 5.41) is 0. The minimum atomic E-state index is -4.39. The van der Waals surface area contributed by atoms with Gasteiger partial charge in [-0.2, -0.15) is 18.2 Å². The molecule has 1 aromatic heterocycles. The first-order valence-electron chi connectivity index (χ1n) is 7.58. The Balaban J connectivity index is 1.94. The molecule has 0 saturated carbocycles. The first-order chi connectivity index (χ1) is 11.3. The quantitative estimate of drug-likeness (QED) is 0.912. The van der Waals surface area contributed by atoms with E-state index in [1.54, 1.807) is 12.1 Å². The van der Waals surface area contributed by atoms with Gasteiger partial charge in [-0.15, -0.1) is 0 Å². The molecule has 0 atom stereocenters. The minimum Gasteiger partial charge on any atom is -0.368 e. The van der Waals surface area contributed by atoms with Gasteiger partial charge in [-0.1, -0.05) is 12.1 Å². The molecule has 0 amide bonds. The van der Waals surface area contributed by atoms with Crippen LogP contribution in [0.5, 0.6) is 0 Å². The molecule has 2 heterocycles. The Hall–Kier alpha value is -2.35. The van der Waals surface area contributed by atoms with Crippen molar-refractivity contribution in [2.75, 3.05) is 43.9 Å². The lowest BCUT2D eigenvalue weighted by atomic mass is 10.1. The summed E-state index contributed by atoms with van der Waals surface area (Å²) in [6, 6.07) is 6.76. The molecule has 1 fully saturated rings. The molecule has 0 aliphatic carbocycles. The third-order valence-electron chi connectivity index (χ3n) is 4.04. The van der Waals surface area contributed by atoms with Crippen molar-refractivity contribution in [1.29, 1.82) is 0 Å². The lowest BCUT2D eigenvalue weighted by molar-refractivity contribution is -0.137. The Bertz CT molecular complexity index is 724. The highest BCUT2D eigenvalue weighted by Gasteiger charge is 2.30. The predicted octanol–water partition coefficient (Wildman–Crippen LogP) is 2.50. The maximum absolute atomic E-state index is 12.9. The number of piperazine rings is 1. The minimum absolute atomic E-state index is 0.0545. The second-order valence-electron chi connectivity index (χ2n) is 5.84. The molecule has 24 heavy (non-hydrogen) atoms. The fraction of sp³-hybridized carbons (Fsp3) is 0.375. The summed E-state index contributed by atoms with van der Waals surface area (Å²) < 4.78 is 38.7. The van der Waals surface area contributed by atoms with Gasteiger partial charge in [-0.25, -0.2) is 4.98 Å². The van der Waals surface area contributed by atoms with Gasteiger partial charge >= 0.3 is 6.18 Å². The van der Waals surface area contributed by atoms with Crippen LogP contribution in [0.2, 0.25) is 0 Å². The third-order valence-corrected chi connectivity index (χ3v) is 4.04. The van der Waals surface area contributed by atoms with E-state index in [2.05, 4.69) is 19.8 Å². The van der Waals surface area contributed by atoms with Crippen molar-refractivity contribution in [1.82, 2.24) is 14.9 Å². The van der Waals surface area contributed by atoms with Gasteiger partial charge in [-0.3, -0.25) is 0 Å². The molecule has 8 heteroatoms. The molecule has 0 bridgehead atoms. The molecular weight excluding hydrogens is 319 g/mol. The monoisotopic (exact) mass is 337 g/mol. The first kappa shape index (κ1) is 16.5. The van der Waals surface area contributed by atoms with Crippen molar-refractivity contribution < 1.29 is 13.2 Å². The second kappa shape index (κ2) is 6.27. The standard InChI is InChI=1S/C16H18F3N5/c1-23-5-7-24(8-6-23)14-10-13(21-15(20)22-14)11-3-2-4-12(9-11)16(17,18)19/h2-4,9-10H,5-8H2,1H3,(H2,20,21,22). The molecule has 128 valence electrons. The highest BCUT2D eigenvalue weighted by molar-refractivity contribution is 5.65. The van der Waals surface area contributed by atoms with E-state index in [1.165, 1.54) is 6.07 Å². The number of aromatic nitrogens is 2. The average molecular weight is 337 g/mol. The number of nitrogens with two attached hydrogens (primary N) is 1. The number of benzene rings is 1. The zero-order valence-electron chi connectivity index (χ0n) is 13.2. The van der Waals surface area contributed by atoms with E-state index in [0.29, 0.717) is 17.1 Å². The van der Waals surface area contributed by atoms with E-state index in [-0.39, 0.29) is 5.95 Å². The number of rotatable bonds is 2. The van der Waals surface area contributed by atoms with Gasteiger partial charge in [0, 0.05) is 37.8 Å². The summed E-state index contributed by atoms with van der Waals surface area (Å²) in [6.45, 7) is 3.36. The predicted molar refractivity (Wildman–Crippen MR) is 86.6 cm³/mol. The van der Waals surface area contributed by atoms with Gasteiger partial charge < -0.3 is 15.5 Å². The number of anilines is 2. The molecule has 1 aliphatic heterocycles. The average Bonchev–Trinajstić information content (AvgIpc) is 2.54. The molecule has 0 radical (unpaired) electrons. The Morgan fingerprint density at radius 2 is 1.75 bits per heavy atom. The van der Waals surface area contributed by atoms with E-state index in [0.717, 1.165) is 38.3 Å². The van der Waals surface area contributed by atoms with Crippen LogP contribution in [-0.2, 0) is 6.18 Å². The van der Waals surface area contributed by atoms with Crippen LogP contribution in [0.4, 0.5) is 24.9 Å². The van der Waals surface area contributed by atoms with Crippen molar-refractivity contribution in [3.05, 3.63) is 35.9 Å². The number of nitrogen functional groups attached to an aromatic ring is 1. The largest absolute Gasteiger partial charge is 0.416 e. The fourth-order valence-corrected chi connectivity index (χ4v) is 2.65. The number of likely N-dealkylation sites (N-methyl/N-ethyl adjacent to an activating group) is 1. The maximum atomic E-state index is 12.9. The summed E-state index contributed by atoms with van der Waals surface area (Å²) in [5.74, 6) is 0.696. The Kier molecular flexibility index (Phi) is 4.31. The summed E-state index contributed by atoms with van der Waals surface area (Å²) in [6.07, 6.45) is -4.39. The van der Waals surface area contributed by atoms with Crippen molar-refractivity contribution in [3.8, 4) is 11.3 Å². The summed E-state index contributed by atoms with van der Waals surface area (Å²) in [7, 11) is 2.04. The molecule has 1 aromatic carbocycles. The number of alkyl halides is 3. The summed E-state index contributed by atoms with van der Waals surface area (Å²) >= 11 is 0. The van der Waals surface area contributed by atoms with E-state index in [1.807, 2.05) is 7.05 Å². The molecule has 5 nitrogen and oxygen atoms in total. The van der Waals surface area contributed by atoms with E-state index in [4.69, 9.17) is 5.73 Å². The van der Waals surface area contributed by atoms with Crippen LogP contribution < -0.4 is 10.6 Å². The zero-order chi connectivity index (χ0) is 17.3. The smallest absolute Gasteiger partial charge is 0.368 e. The van der Waals surface area contributed by atoms with Crippen molar-refractivity contribution in [2.45, 2.75) is 6.18 Å². The van der Waals surface area contributed by atoms with Gasteiger partial charge in [-0.05, 0) is 19.2 Å². The summed E-state index contributed by atoms with van der Waals surface area (Å²) in [4.78, 5) is 12.6. The molecule has 0 spiro atoms. The van der Waals surface area contributed by atoms with Gasteiger partial charge in [0.1, 0.15) is 5.82 Å². The Labute approximate surface area is 137 Å². The number of halogens is 3. The number of nitrogens with zero attached hydrogens (tertiary/aromatic N) is 4. The molecule has 1 saturated heterocycles. The topological polar surface area (TPSA) is 58.3 Å². The van der Waals surface area contributed by atoms with Crippen LogP contribution in [0, 0.1) is 0 Å². The fourth-order valence-electron chi connectivity index (χ4n) is 2.65. The van der Waals surface area contributed by atoms with Crippen LogP contribution in [0.1, 0.15) is 5.56 Å². The number of hydrogen-bond acceptors (Lipinski definition) is 5. The van der Waals surface area contributed by atoms with Gasteiger partial charge in [0.25, 0.3) is 0 Å². The molecule has 2 N–H and O–H groups in total. The van der Waals surface area contributed by atoms with E-state index < -0.39 is 11.7 Å². The number of hydrogen-bond donors (Lipinski definition) is 1.